The molecular formula is C43H28O19. The Hall–Kier alpha value is -8.84. The van der Waals surface area contributed by atoms with Crippen molar-refractivity contribution in [3.8, 4) is 120 Å². The lowest BCUT2D eigenvalue weighted by Crippen LogP contribution is -2.21. The number of hydrogen-bond donors (Lipinski definition) is 18. The van der Waals surface area contributed by atoms with E-state index in [2.05, 4.69) is 0 Å². The Labute approximate surface area is 342 Å². The lowest BCUT2D eigenvalue weighted by molar-refractivity contribution is 0.229. The van der Waals surface area contributed by atoms with Crippen LogP contribution in [-0.4, -0.2) is 98.0 Å². The third-order valence-corrected chi connectivity index (χ3v) is 12.2. The monoisotopic (exact) mass is 848 g/mol. The minimum Gasteiger partial charge on any atom is -0.508 e. The number of phenolic OH excluding ortho intramolecular Hbond substituents is 14. The van der Waals surface area contributed by atoms with Gasteiger partial charge in [0.25, 0.3) is 0 Å². The van der Waals surface area contributed by atoms with Gasteiger partial charge in [-0.15, -0.1) is 0 Å². The van der Waals surface area contributed by atoms with Gasteiger partial charge in [-0.05, 0) is 21.5 Å². The van der Waals surface area contributed by atoms with Crippen LogP contribution < -0.4 is 4.74 Å². The number of rotatable bonds is 3. The van der Waals surface area contributed by atoms with Crippen molar-refractivity contribution < 1.29 is 96.7 Å². The molecule has 0 amide bonds. The van der Waals surface area contributed by atoms with E-state index in [9.17, 15) is 91.9 Å². The largest absolute Gasteiger partial charge is 0.508 e. The number of hydrogen-bond acceptors (Lipinski definition) is 19. The summed E-state index contributed by atoms with van der Waals surface area (Å²) in [6.07, 6.45) is -1.61. The molecule has 0 aromatic heterocycles. The second-order valence-electron chi connectivity index (χ2n) is 15.0. The van der Waals surface area contributed by atoms with Crippen LogP contribution in [0.2, 0.25) is 0 Å². The number of fused-ring (bicyclic) bond motifs is 4. The Morgan fingerprint density at radius 2 is 0.726 bits per heavy atom. The predicted octanol–water partition coefficient (Wildman–Crippen LogP) is 5.76. The predicted molar refractivity (Wildman–Crippen MR) is 212 cm³/mol. The molecule has 62 heavy (non-hydrogen) atoms. The van der Waals surface area contributed by atoms with Crippen molar-refractivity contribution in [3.63, 3.8) is 0 Å². The van der Waals surface area contributed by atoms with E-state index in [1.165, 1.54) is 48.5 Å². The first-order chi connectivity index (χ1) is 29.3. The summed E-state index contributed by atoms with van der Waals surface area (Å²) < 4.78 is 6.05. The summed E-state index contributed by atoms with van der Waals surface area (Å²) in [5, 5.41) is 197. The Morgan fingerprint density at radius 3 is 1.21 bits per heavy atom. The second-order valence-corrected chi connectivity index (χ2v) is 15.0. The Balaban J connectivity index is 1.28. The summed E-state index contributed by atoms with van der Waals surface area (Å²) in [6.45, 7) is 0. The zero-order valence-electron chi connectivity index (χ0n) is 30.7. The molecule has 19 nitrogen and oxygen atoms in total. The van der Waals surface area contributed by atoms with E-state index < -0.39 is 154 Å². The highest BCUT2D eigenvalue weighted by Crippen LogP contribution is 2.75. The van der Waals surface area contributed by atoms with Crippen molar-refractivity contribution in [2.75, 3.05) is 0 Å². The minimum atomic E-state index is -1.92. The molecule has 7 aromatic rings. The van der Waals surface area contributed by atoms with Gasteiger partial charge in [-0.1, -0.05) is 48.5 Å². The van der Waals surface area contributed by atoms with Gasteiger partial charge in [-0.3, -0.25) is 0 Å². The summed E-state index contributed by atoms with van der Waals surface area (Å²) in [4.78, 5) is 0. The van der Waals surface area contributed by atoms with Crippen LogP contribution in [0.1, 0.15) is 5.56 Å². The molecular weight excluding hydrogens is 820 g/mol. The zero-order valence-corrected chi connectivity index (χ0v) is 30.7. The molecule has 10 rings (SSSR count). The van der Waals surface area contributed by atoms with E-state index in [4.69, 9.17) is 4.74 Å². The fraction of sp³-hybridized carbons (Fsp3) is 0.0698. The molecule has 7 aromatic carbocycles. The maximum atomic E-state index is 11.8. The molecule has 19 heteroatoms. The van der Waals surface area contributed by atoms with Gasteiger partial charge in [0.2, 0.25) is 23.0 Å². The fourth-order valence-corrected chi connectivity index (χ4v) is 9.35. The molecule has 1 fully saturated rings. The number of aliphatic hydroxyl groups is 4. The third kappa shape index (κ3) is 4.01. The van der Waals surface area contributed by atoms with Gasteiger partial charge in [0.05, 0.1) is 50.6 Å². The molecule has 2 aliphatic carbocycles. The topological polar surface area (TPSA) is 373 Å². The molecule has 1 aliphatic heterocycles. The minimum absolute atomic E-state index is 0.0232. The van der Waals surface area contributed by atoms with Crippen molar-refractivity contribution in [2.45, 2.75) is 11.5 Å². The van der Waals surface area contributed by atoms with Crippen molar-refractivity contribution in [2.24, 2.45) is 5.92 Å². The first-order valence-corrected chi connectivity index (χ1v) is 18.1. The van der Waals surface area contributed by atoms with Gasteiger partial charge in [0, 0.05) is 11.1 Å². The summed E-state index contributed by atoms with van der Waals surface area (Å²) in [7, 11) is 0. The van der Waals surface area contributed by atoms with Gasteiger partial charge in [-0.2, -0.15) is 0 Å². The number of phenols is 14. The van der Waals surface area contributed by atoms with E-state index in [-0.39, 0.29) is 43.8 Å². The van der Waals surface area contributed by atoms with Crippen molar-refractivity contribution >= 4 is 32.3 Å². The van der Waals surface area contributed by atoms with Crippen LogP contribution in [0.3, 0.4) is 0 Å². The van der Waals surface area contributed by atoms with Gasteiger partial charge in [0.1, 0.15) is 22.7 Å². The molecule has 3 aliphatic rings. The van der Waals surface area contributed by atoms with Gasteiger partial charge < -0.3 is 96.7 Å². The van der Waals surface area contributed by atoms with Crippen molar-refractivity contribution in [1.29, 1.82) is 0 Å². The lowest BCUT2D eigenvalue weighted by Gasteiger charge is -2.23. The van der Waals surface area contributed by atoms with E-state index >= 15 is 0 Å². The van der Waals surface area contributed by atoms with Crippen LogP contribution in [0.15, 0.2) is 71.6 Å². The molecule has 3 unspecified atom stereocenters. The first kappa shape index (κ1) is 37.4. The number of aliphatic hydroxyl groups excluding tert-OH is 4. The van der Waals surface area contributed by atoms with E-state index in [1.807, 2.05) is 0 Å². The molecule has 314 valence electrons. The lowest BCUT2D eigenvalue weighted by atomic mass is 9.81. The van der Waals surface area contributed by atoms with Gasteiger partial charge in [0.15, 0.2) is 69.0 Å². The van der Waals surface area contributed by atoms with Crippen LogP contribution in [0.5, 0.6) is 86.2 Å². The molecule has 18 N–H and O–H groups in total. The average Bonchev–Trinajstić information content (AvgIpc) is 3.71. The van der Waals surface area contributed by atoms with Crippen molar-refractivity contribution in [1.82, 2.24) is 0 Å². The van der Waals surface area contributed by atoms with Crippen LogP contribution in [-0.2, 0) is 5.41 Å². The first-order valence-electron chi connectivity index (χ1n) is 18.1. The van der Waals surface area contributed by atoms with E-state index in [0.717, 1.165) is 0 Å². The molecule has 1 heterocycles. The van der Waals surface area contributed by atoms with Gasteiger partial charge >= 0.3 is 0 Å². The molecule has 0 radical (unpaired) electrons. The highest BCUT2D eigenvalue weighted by Gasteiger charge is 2.78. The van der Waals surface area contributed by atoms with E-state index in [1.54, 1.807) is 0 Å². The molecule has 0 saturated heterocycles. The SMILES string of the molecule is OC1=C(O)C2C(O)C23C(=C1O)Oc1c(-c2c4ccccc4c(-c4c(O)c(O)c(-c5c(O)c(O)c6c(O)c(O)c(O)c(O)c6c5O)c(O)c4O)c4ccccc24)c(O)c(O)c(O)c13. The summed E-state index contributed by atoms with van der Waals surface area (Å²) in [6, 6.07) is 11.9. The fourth-order valence-electron chi connectivity index (χ4n) is 9.35. The van der Waals surface area contributed by atoms with Crippen LogP contribution in [0, 0.1) is 5.92 Å². The smallest absolute Gasteiger partial charge is 0.205 e. The molecule has 1 spiro atoms. The number of ether oxygens (including phenoxy) is 1. The van der Waals surface area contributed by atoms with Crippen LogP contribution >= 0.6 is 0 Å². The standard InChI is InChI=1S/C43H28O19/c44-23-16(26(47)29(50)19-17(23)30(51)36(57)37(58)31(19)52)18-27(48)24(45)15(25(46)28(18)49)13-9-5-1-3-7-11(9)14(12-8-4-2-6-10(12)13)20-32(53)35(56)33(54)21-40(20)62-42-39(60)38(59)34(55)22-41(61)43(21,22)42/h1-8,22,41,44-61H. The highest BCUT2D eigenvalue weighted by atomic mass is 16.5. The summed E-state index contributed by atoms with van der Waals surface area (Å²) >= 11 is 0. The quantitative estimate of drug-likeness (QED) is 0.0571. The maximum Gasteiger partial charge on any atom is 0.205 e. The zero-order chi connectivity index (χ0) is 44.5. The van der Waals surface area contributed by atoms with E-state index in [0.29, 0.717) is 0 Å². The molecule has 0 bridgehead atoms. The van der Waals surface area contributed by atoms with Crippen LogP contribution in [0.4, 0.5) is 0 Å². The highest BCUT2D eigenvalue weighted by molar-refractivity contribution is 6.24. The summed E-state index contributed by atoms with van der Waals surface area (Å²) in [5.41, 5.74) is -5.72. The normalized spacial score (nSPS) is 18.9. The van der Waals surface area contributed by atoms with Crippen molar-refractivity contribution in [3.05, 3.63) is 77.1 Å². The third-order valence-electron chi connectivity index (χ3n) is 12.2. The summed E-state index contributed by atoms with van der Waals surface area (Å²) in [5.74, 6) is -22.9. The number of benzene rings is 7. The Kier molecular flexibility index (Phi) is 7.05. The number of aromatic hydroxyl groups is 14. The molecule has 3 atom stereocenters. The van der Waals surface area contributed by atoms with Gasteiger partial charge in [-0.25, -0.2) is 0 Å². The molecule has 1 saturated carbocycles. The second kappa shape index (κ2) is 11.7. The Morgan fingerprint density at radius 1 is 0.371 bits per heavy atom. The van der Waals surface area contributed by atoms with Crippen LogP contribution in [0.25, 0.3) is 65.7 Å². The average molecular weight is 849 g/mol. The maximum absolute atomic E-state index is 11.8. The Bertz CT molecular complexity index is 3300.